The molecule has 0 fully saturated rings. The average molecular weight is 205 g/mol. The number of hydrogen-bond donors (Lipinski definition) is 0. The lowest BCUT2D eigenvalue weighted by Gasteiger charge is -2.00. The van der Waals surface area contributed by atoms with Gasteiger partial charge in [-0.3, -0.25) is 4.98 Å². The van der Waals surface area contributed by atoms with Gasteiger partial charge < -0.3 is 0 Å². The van der Waals surface area contributed by atoms with Crippen LogP contribution in [0.15, 0.2) is 36.7 Å². The first-order chi connectivity index (χ1) is 6.75. The van der Waals surface area contributed by atoms with Gasteiger partial charge in [-0.05, 0) is 6.92 Å². The molecule has 1 heterocycles. The van der Waals surface area contributed by atoms with Gasteiger partial charge in [-0.25, -0.2) is 4.98 Å². The molecular weight excluding hydrogens is 196 g/mol. The summed E-state index contributed by atoms with van der Waals surface area (Å²) in [5, 5.41) is 0.420. The molecule has 2 rings (SSSR count). The third kappa shape index (κ3) is 1.91. The SMILES string of the molecule is Cc1ccc(-c2cncc(Cl)n2)cc1. The van der Waals surface area contributed by atoms with Crippen molar-refractivity contribution >= 4 is 11.6 Å². The van der Waals surface area contributed by atoms with Gasteiger partial charge in [-0.1, -0.05) is 41.4 Å². The first kappa shape index (κ1) is 9.16. The molecule has 0 spiro atoms. The van der Waals surface area contributed by atoms with E-state index in [9.17, 15) is 0 Å². The smallest absolute Gasteiger partial charge is 0.148 e. The van der Waals surface area contributed by atoms with Gasteiger partial charge in [-0.15, -0.1) is 0 Å². The van der Waals surface area contributed by atoms with E-state index >= 15 is 0 Å². The molecule has 0 aliphatic heterocycles. The molecule has 1 aromatic heterocycles. The fourth-order valence-electron chi connectivity index (χ4n) is 1.21. The van der Waals surface area contributed by atoms with Gasteiger partial charge >= 0.3 is 0 Å². The molecule has 0 saturated heterocycles. The van der Waals surface area contributed by atoms with E-state index < -0.39 is 0 Å². The van der Waals surface area contributed by atoms with Crippen LogP contribution in [0.25, 0.3) is 11.3 Å². The van der Waals surface area contributed by atoms with Gasteiger partial charge in [0.1, 0.15) is 5.15 Å². The zero-order valence-electron chi connectivity index (χ0n) is 7.74. The van der Waals surface area contributed by atoms with E-state index in [-0.39, 0.29) is 0 Å². The quantitative estimate of drug-likeness (QED) is 0.714. The summed E-state index contributed by atoms with van der Waals surface area (Å²) in [6, 6.07) is 8.10. The van der Waals surface area contributed by atoms with Crippen molar-refractivity contribution in [3.8, 4) is 11.3 Å². The van der Waals surface area contributed by atoms with Crippen molar-refractivity contribution < 1.29 is 0 Å². The Morgan fingerprint density at radius 3 is 2.43 bits per heavy atom. The molecule has 14 heavy (non-hydrogen) atoms. The van der Waals surface area contributed by atoms with E-state index in [1.165, 1.54) is 11.8 Å². The van der Waals surface area contributed by atoms with Crippen LogP contribution in [0.5, 0.6) is 0 Å². The predicted molar refractivity (Wildman–Crippen MR) is 57.2 cm³/mol. The minimum atomic E-state index is 0.420. The molecule has 0 aliphatic rings. The predicted octanol–water partition coefficient (Wildman–Crippen LogP) is 3.11. The summed E-state index contributed by atoms with van der Waals surface area (Å²) >= 11 is 5.75. The molecule has 0 N–H and O–H groups in total. The largest absolute Gasteiger partial charge is 0.259 e. The number of hydrogen-bond acceptors (Lipinski definition) is 2. The Morgan fingerprint density at radius 2 is 1.79 bits per heavy atom. The molecule has 0 radical (unpaired) electrons. The van der Waals surface area contributed by atoms with Crippen molar-refractivity contribution in [1.82, 2.24) is 9.97 Å². The molecule has 1 aromatic carbocycles. The van der Waals surface area contributed by atoms with Crippen LogP contribution in [-0.2, 0) is 0 Å². The molecule has 2 nitrogen and oxygen atoms in total. The molecule has 3 heteroatoms. The topological polar surface area (TPSA) is 25.8 Å². The van der Waals surface area contributed by atoms with E-state index in [4.69, 9.17) is 11.6 Å². The number of rotatable bonds is 1. The lowest BCUT2D eigenvalue weighted by atomic mass is 10.1. The van der Waals surface area contributed by atoms with E-state index in [2.05, 4.69) is 9.97 Å². The van der Waals surface area contributed by atoms with Crippen LogP contribution in [0.2, 0.25) is 5.15 Å². The number of aromatic nitrogens is 2. The van der Waals surface area contributed by atoms with Crippen LogP contribution in [0.4, 0.5) is 0 Å². The Bertz CT molecular complexity index is 437. The second-order valence-electron chi connectivity index (χ2n) is 3.09. The molecule has 0 aliphatic carbocycles. The second-order valence-corrected chi connectivity index (χ2v) is 3.48. The highest BCUT2D eigenvalue weighted by molar-refractivity contribution is 6.29. The van der Waals surface area contributed by atoms with Crippen molar-refractivity contribution in [2.24, 2.45) is 0 Å². The van der Waals surface area contributed by atoms with Crippen LogP contribution in [-0.4, -0.2) is 9.97 Å². The Labute approximate surface area is 87.6 Å². The molecule has 70 valence electrons. The van der Waals surface area contributed by atoms with Gasteiger partial charge in [0.2, 0.25) is 0 Å². The van der Waals surface area contributed by atoms with Gasteiger partial charge in [-0.2, -0.15) is 0 Å². The van der Waals surface area contributed by atoms with Crippen molar-refractivity contribution in [1.29, 1.82) is 0 Å². The first-order valence-corrected chi connectivity index (χ1v) is 4.68. The van der Waals surface area contributed by atoms with Crippen LogP contribution >= 0.6 is 11.6 Å². The highest BCUT2D eigenvalue weighted by atomic mass is 35.5. The standard InChI is InChI=1S/C11H9ClN2/c1-8-2-4-9(5-3-8)10-6-13-7-11(12)14-10/h2-7H,1H3. The highest BCUT2D eigenvalue weighted by Gasteiger charge is 1.99. The Balaban J connectivity index is 2.44. The Kier molecular flexibility index (Phi) is 2.46. The number of benzene rings is 1. The second kappa shape index (κ2) is 3.76. The van der Waals surface area contributed by atoms with Crippen molar-refractivity contribution in [3.05, 3.63) is 47.4 Å². The summed E-state index contributed by atoms with van der Waals surface area (Å²) in [6.45, 7) is 2.05. The number of halogens is 1. The van der Waals surface area contributed by atoms with Crippen LogP contribution < -0.4 is 0 Å². The molecule has 0 amide bonds. The lowest BCUT2D eigenvalue weighted by Crippen LogP contribution is -1.85. The zero-order chi connectivity index (χ0) is 9.97. The van der Waals surface area contributed by atoms with Crippen LogP contribution in [0, 0.1) is 6.92 Å². The normalized spacial score (nSPS) is 10.1. The minimum absolute atomic E-state index is 0.420. The third-order valence-electron chi connectivity index (χ3n) is 1.95. The first-order valence-electron chi connectivity index (χ1n) is 4.30. The summed E-state index contributed by atoms with van der Waals surface area (Å²) < 4.78 is 0. The number of nitrogens with zero attached hydrogens (tertiary/aromatic N) is 2. The van der Waals surface area contributed by atoms with E-state index in [0.717, 1.165) is 11.3 Å². The van der Waals surface area contributed by atoms with E-state index in [1.54, 1.807) is 6.20 Å². The summed E-state index contributed by atoms with van der Waals surface area (Å²) in [5.41, 5.74) is 3.06. The van der Waals surface area contributed by atoms with E-state index in [0.29, 0.717) is 5.15 Å². The molecule has 0 saturated carbocycles. The highest BCUT2D eigenvalue weighted by Crippen LogP contribution is 2.17. The van der Waals surface area contributed by atoms with Gasteiger partial charge in [0, 0.05) is 5.56 Å². The number of aryl methyl sites for hydroxylation is 1. The Hall–Kier alpha value is -1.41. The van der Waals surface area contributed by atoms with Gasteiger partial charge in [0.05, 0.1) is 18.1 Å². The zero-order valence-corrected chi connectivity index (χ0v) is 8.49. The maximum absolute atomic E-state index is 5.75. The monoisotopic (exact) mass is 204 g/mol. The molecule has 0 atom stereocenters. The Morgan fingerprint density at radius 1 is 1.07 bits per heavy atom. The maximum atomic E-state index is 5.75. The minimum Gasteiger partial charge on any atom is -0.259 e. The van der Waals surface area contributed by atoms with Gasteiger partial charge in [0.15, 0.2) is 0 Å². The summed E-state index contributed by atoms with van der Waals surface area (Å²) in [7, 11) is 0. The fourth-order valence-corrected chi connectivity index (χ4v) is 1.35. The summed E-state index contributed by atoms with van der Waals surface area (Å²) in [4.78, 5) is 8.16. The molecule has 0 unspecified atom stereocenters. The van der Waals surface area contributed by atoms with Crippen LogP contribution in [0.3, 0.4) is 0 Å². The van der Waals surface area contributed by atoms with E-state index in [1.807, 2.05) is 31.2 Å². The lowest BCUT2D eigenvalue weighted by molar-refractivity contribution is 1.20. The van der Waals surface area contributed by atoms with Crippen LogP contribution in [0.1, 0.15) is 5.56 Å². The third-order valence-corrected chi connectivity index (χ3v) is 2.13. The maximum Gasteiger partial charge on any atom is 0.148 e. The summed E-state index contributed by atoms with van der Waals surface area (Å²) in [6.07, 6.45) is 3.23. The fraction of sp³-hybridized carbons (Fsp3) is 0.0909. The average Bonchev–Trinajstić information content (AvgIpc) is 2.19. The van der Waals surface area contributed by atoms with Crippen molar-refractivity contribution in [3.63, 3.8) is 0 Å². The summed E-state index contributed by atoms with van der Waals surface area (Å²) in [5.74, 6) is 0. The van der Waals surface area contributed by atoms with Crippen molar-refractivity contribution in [2.75, 3.05) is 0 Å². The van der Waals surface area contributed by atoms with Gasteiger partial charge in [0.25, 0.3) is 0 Å². The van der Waals surface area contributed by atoms with Crippen molar-refractivity contribution in [2.45, 2.75) is 6.92 Å². The molecule has 0 bridgehead atoms. The molecule has 2 aromatic rings. The molecular formula is C11H9ClN2.